The molecule has 0 unspecified atom stereocenters. The summed E-state index contributed by atoms with van der Waals surface area (Å²) in [6, 6.07) is 11.0. The van der Waals surface area contributed by atoms with E-state index >= 15 is 0 Å². The molecule has 2 aromatic carbocycles. The van der Waals surface area contributed by atoms with E-state index in [4.69, 9.17) is 44.9 Å². The van der Waals surface area contributed by atoms with Gasteiger partial charge in [-0.1, -0.05) is 29.3 Å². The van der Waals surface area contributed by atoms with Crippen molar-refractivity contribution in [3.63, 3.8) is 0 Å². The average Bonchev–Trinajstić information content (AvgIpc) is 2.63. The van der Waals surface area contributed by atoms with Crippen molar-refractivity contribution in [2.24, 2.45) is 0 Å². The Balaban J connectivity index is 2.07. The van der Waals surface area contributed by atoms with E-state index in [9.17, 15) is 0 Å². The van der Waals surface area contributed by atoms with Crippen LogP contribution in [0.1, 0.15) is 25.0 Å². The largest absolute Gasteiger partial charge is 0.490 e. The van der Waals surface area contributed by atoms with Gasteiger partial charge in [0.25, 0.3) is 0 Å². The smallest absolute Gasteiger partial charge is 0.223 e. The Bertz CT molecular complexity index is 816. The zero-order valence-corrected chi connectivity index (χ0v) is 17.5. The molecule has 0 radical (unpaired) electrons. The molecule has 0 spiro atoms. The first-order valence-electron chi connectivity index (χ1n) is 8.49. The third-order valence-corrected chi connectivity index (χ3v) is 4.26. The van der Waals surface area contributed by atoms with Crippen LogP contribution in [0.5, 0.6) is 11.5 Å². The number of hydrazine groups is 1. The fourth-order valence-corrected chi connectivity index (χ4v) is 2.85. The van der Waals surface area contributed by atoms with E-state index in [2.05, 4.69) is 15.8 Å². The average molecular weight is 427 g/mol. The van der Waals surface area contributed by atoms with E-state index in [-0.39, 0.29) is 0 Å². The first kappa shape index (κ1) is 21.3. The van der Waals surface area contributed by atoms with E-state index in [0.717, 1.165) is 17.7 Å². The highest BCUT2D eigenvalue weighted by Crippen LogP contribution is 2.30. The molecule has 2 aromatic rings. The molecule has 0 aliphatic carbocycles. The van der Waals surface area contributed by atoms with Crippen molar-refractivity contribution in [2.75, 3.05) is 13.2 Å². The Hall–Kier alpha value is -2.02. The number of halogens is 2. The second-order valence-electron chi connectivity index (χ2n) is 5.44. The van der Waals surface area contributed by atoms with E-state index in [1.165, 1.54) is 0 Å². The maximum Gasteiger partial charge on any atom is 0.223 e. The number of rotatable bonds is 8. The molecule has 0 bridgehead atoms. The Morgan fingerprint density at radius 3 is 2.63 bits per heavy atom. The van der Waals surface area contributed by atoms with Gasteiger partial charge < -0.3 is 14.8 Å². The van der Waals surface area contributed by atoms with Crippen LogP contribution in [0.25, 0.3) is 0 Å². The van der Waals surface area contributed by atoms with Gasteiger partial charge in [0, 0.05) is 27.7 Å². The second kappa shape index (κ2) is 11.0. The number of nitrogens with one attached hydrogen (secondary N) is 3. The molecule has 0 aromatic heterocycles. The summed E-state index contributed by atoms with van der Waals surface area (Å²) in [4.78, 5) is 0. The molecule has 0 amide bonds. The first-order valence-corrected chi connectivity index (χ1v) is 9.66. The number of ether oxygens (including phenoxy) is 2. The number of hydrazone groups is 1. The molecule has 0 aliphatic rings. The summed E-state index contributed by atoms with van der Waals surface area (Å²) in [5.41, 5.74) is 4.63. The van der Waals surface area contributed by atoms with Gasteiger partial charge in [-0.15, -0.1) is 10.5 Å². The van der Waals surface area contributed by atoms with Crippen molar-refractivity contribution in [2.45, 2.75) is 20.5 Å². The van der Waals surface area contributed by atoms with Gasteiger partial charge in [-0.3, -0.25) is 0 Å². The van der Waals surface area contributed by atoms with Crippen LogP contribution in [0, 0.1) is 0 Å². The van der Waals surface area contributed by atoms with E-state index < -0.39 is 0 Å². The highest BCUT2D eigenvalue weighted by atomic mass is 35.5. The highest BCUT2D eigenvalue weighted by Gasteiger charge is 2.09. The monoisotopic (exact) mass is 426 g/mol. The van der Waals surface area contributed by atoms with Gasteiger partial charge in [0.15, 0.2) is 17.7 Å². The van der Waals surface area contributed by atoms with Crippen molar-refractivity contribution in [3.05, 3.63) is 57.6 Å². The van der Waals surface area contributed by atoms with Crippen LogP contribution in [0.2, 0.25) is 10.0 Å². The first-order chi connectivity index (χ1) is 13.0. The van der Waals surface area contributed by atoms with E-state index in [1.807, 2.05) is 38.1 Å². The molecule has 8 heteroatoms. The molecular weight excluding hydrogens is 405 g/mol. The minimum absolute atomic E-state index is 0.315. The molecule has 0 aliphatic heterocycles. The molecule has 0 saturated heterocycles. The summed E-state index contributed by atoms with van der Waals surface area (Å²) in [5.74, 6) is 1.28. The molecule has 5 nitrogen and oxygen atoms in total. The number of benzene rings is 2. The Kier molecular flexibility index (Phi) is 8.64. The van der Waals surface area contributed by atoms with Gasteiger partial charge in [-0.05, 0) is 56.4 Å². The molecule has 0 atom stereocenters. The standard InChI is InChI=1S/C19H21Cl2N3O2S/c1-3-22-19(27)24-23-11-13-5-8-17(18(9-13)25-4-2)26-12-14-6-7-15(20)10-16(14)21/h5-11H,3-4,12H2,1-2H3,(H2,22,24,27)/p+1. The minimum Gasteiger partial charge on any atom is -0.490 e. The summed E-state index contributed by atoms with van der Waals surface area (Å²) in [7, 11) is 0. The number of hydrogen-bond donors (Lipinski definition) is 3. The SMILES string of the molecule is CCNC(=S)N[NH+]=Cc1ccc(OCc2ccc(Cl)cc2Cl)c(OCC)c1. The fraction of sp³-hybridized carbons (Fsp3) is 0.263. The van der Waals surface area contributed by atoms with Crippen molar-refractivity contribution >= 4 is 46.7 Å². The molecule has 2 rings (SSSR count). The Morgan fingerprint density at radius 1 is 1.11 bits per heavy atom. The van der Waals surface area contributed by atoms with Crippen molar-refractivity contribution < 1.29 is 14.6 Å². The van der Waals surface area contributed by atoms with Crippen molar-refractivity contribution in [3.8, 4) is 11.5 Å². The molecule has 3 N–H and O–H groups in total. The highest BCUT2D eigenvalue weighted by molar-refractivity contribution is 7.80. The predicted octanol–water partition coefficient (Wildman–Crippen LogP) is 2.87. The number of thiocarbonyl (C=S) groups is 1. The zero-order valence-electron chi connectivity index (χ0n) is 15.1. The summed E-state index contributed by atoms with van der Waals surface area (Å²) in [6.45, 7) is 5.49. The summed E-state index contributed by atoms with van der Waals surface area (Å²) in [6.07, 6.45) is 1.78. The predicted molar refractivity (Wildman–Crippen MR) is 114 cm³/mol. The van der Waals surface area contributed by atoms with Crippen LogP contribution < -0.4 is 25.3 Å². The second-order valence-corrected chi connectivity index (χ2v) is 6.69. The van der Waals surface area contributed by atoms with Gasteiger partial charge in [0.1, 0.15) is 6.61 Å². The summed E-state index contributed by atoms with van der Waals surface area (Å²) < 4.78 is 11.6. The van der Waals surface area contributed by atoms with E-state index in [1.54, 1.807) is 18.3 Å². The van der Waals surface area contributed by atoms with Gasteiger partial charge in [0.05, 0.1) is 6.61 Å². The third kappa shape index (κ3) is 6.90. The van der Waals surface area contributed by atoms with Crippen molar-refractivity contribution in [1.82, 2.24) is 10.7 Å². The van der Waals surface area contributed by atoms with Gasteiger partial charge in [-0.25, -0.2) is 0 Å². The molecule has 27 heavy (non-hydrogen) atoms. The molecule has 0 fully saturated rings. The number of hydrogen-bond acceptors (Lipinski definition) is 3. The Morgan fingerprint density at radius 2 is 1.93 bits per heavy atom. The van der Waals surface area contributed by atoms with Crippen LogP contribution in [0.4, 0.5) is 0 Å². The lowest BCUT2D eigenvalue weighted by Gasteiger charge is -2.13. The zero-order chi connectivity index (χ0) is 19.6. The molecule has 0 saturated carbocycles. The lowest BCUT2D eigenvalue weighted by atomic mass is 10.2. The third-order valence-electron chi connectivity index (χ3n) is 3.43. The normalized spacial score (nSPS) is 10.7. The molecule has 144 valence electrons. The summed E-state index contributed by atoms with van der Waals surface area (Å²) in [5, 5.41) is 7.61. The van der Waals surface area contributed by atoms with Crippen LogP contribution >= 0.6 is 35.4 Å². The van der Waals surface area contributed by atoms with Crippen LogP contribution in [0.15, 0.2) is 36.4 Å². The lowest BCUT2D eigenvalue weighted by molar-refractivity contribution is -0.500. The van der Waals surface area contributed by atoms with Crippen molar-refractivity contribution in [1.29, 1.82) is 0 Å². The van der Waals surface area contributed by atoms with Gasteiger partial charge in [0.2, 0.25) is 5.11 Å². The Labute approximate surface area is 174 Å². The van der Waals surface area contributed by atoms with Crippen LogP contribution in [-0.2, 0) is 6.61 Å². The lowest BCUT2D eigenvalue weighted by Crippen LogP contribution is -2.82. The van der Waals surface area contributed by atoms with Gasteiger partial charge >= 0.3 is 0 Å². The molecule has 0 heterocycles. The maximum absolute atomic E-state index is 6.20. The van der Waals surface area contributed by atoms with Crippen LogP contribution in [-0.4, -0.2) is 24.5 Å². The summed E-state index contributed by atoms with van der Waals surface area (Å²) >= 11 is 17.2. The maximum atomic E-state index is 6.20. The van der Waals surface area contributed by atoms with Crippen LogP contribution in [0.3, 0.4) is 0 Å². The molecular formula is C19H22Cl2N3O2S+. The topological polar surface area (TPSA) is 56.5 Å². The minimum atomic E-state index is 0.315. The van der Waals surface area contributed by atoms with Gasteiger partial charge in [-0.2, -0.15) is 0 Å². The fourth-order valence-electron chi connectivity index (χ4n) is 2.19. The quantitative estimate of drug-likeness (QED) is 0.344. The van der Waals surface area contributed by atoms with E-state index in [0.29, 0.717) is 39.9 Å².